The van der Waals surface area contributed by atoms with Crippen molar-refractivity contribution in [3.05, 3.63) is 94.5 Å². The summed E-state index contributed by atoms with van der Waals surface area (Å²) in [5.41, 5.74) is 2.17. The Balaban J connectivity index is 1.75. The molecule has 3 aromatic carbocycles. The normalized spacial score (nSPS) is 11.0. The number of benzene rings is 3. The molecule has 1 N–H and O–H groups in total. The molecule has 0 fully saturated rings. The van der Waals surface area contributed by atoms with Crippen LogP contribution in [0.3, 0.4) is 0 Å². The van der Waals surface area contributed by atoms with Crippen molar-refractivity contribution >= 4 is 44.9 Å². The number of carbonyl (C=O) groups excluding carboxylic acids is 2. The zero-order valence-electron chi connectivity index (χ0n) is 17.4. The van der Waals surface area contributed by atoms with Gasteiger partial charge >= 0.3 is 5.97 Å². The van der Waals surface area contributed by atoms with Crippen molar-refractivity contribution in [2.75, 3.05) is 23.0 Å². The lowest BCUT2D eigenvalue weighted by atomic mass is 10.1. The maximum atomic E-state index is 12.6. The van der Waals surface area contributed by atoms with Gasteiger partial charge in [0.05, 0.1) is 36.2 Å². The van der Waals surface area contributed by atoms with E-state index in [9.17, 15) is 18.0 Å². The molecule has 0 aliphatic rings. The molecular formula is C23H21ClN2O5S. The first-order chi connectivity index (χ1) is 15.2. The Labute approximate surface area is 191 Å². The van der Waals surface area contributed by atoms with Crippen LogP contribution < -0.4 is 9.62 Å². The zero-order chi connectivity index (χ0) is 23.3. The summed E-state index contributed by atoms with van der Waals surface area (Å²) in [4.78, 5) is 24.4. The summed E-state index contributed by atoms with van der Waals surface area (Å²) in [5, 5.41) is 2.92. The minimum Gasteiger partial charge on any atom is -0.465 e. The molecule has 3 rings (SSSR count). The van der Waals surface area contributed by atoms with Gasteiger partial charge in [-0.3, -0.25) is 9.10 Å². The van der Waals surface area contributed by atoms with Crippen LogP contribution in [0.1, 0.15) is 26.3 Å². The quantitative estimate of drug-likeness (QED) is 0.516. The average Bonchev–Trinajstić information content (AvgIpc) is 2.78. The molecule has 0 aliphatic carbocycles. The molecule has 0 heterocycles. The molecule has 3 aromatic rings. The first kappa shape index (κ1) is 23.3. The number of amides is 1. The fourth-order valence-electron chi connectivity index (χ4n) is 2.99. The topological polar surface area (TPSA) is 92.8 Å². The van der Waals surface area contributed by atoms with Crippen molar-refractivity contribution in [2.24, 2.45) is 0 Å². The fraction of sp³-hybridized carbons (Fsp3) is 0.130. The largest absolute Gasteiger partial charge is 0.465 e. The molecule has 7 nitrogen and oxygen atoms in total. The smallest absolute Gasteiger partial charge is 0.339 e. The van der Waals surface area contributed by atoms with E-state index in [0.29, 0.717) is 16.9 Å². The van der Waals surface area contributed by atoms with Gasteiger partial charge in [-0.05, 0) is 48.0 Å². The third-order valence-corrected chi connectivity index (χ3v) is 6.09. The molecule has 0 atom stereocenters. The number of rotatable bonds is 7. The molecule has 32 heavy (non-hydrogen) atoms. The third kappa shape index (κ3) is 5.66. The number of halogens is 1. The van der Waals surface area contributed by atoms with Gasteiger partial charge < -0.3 is 10.1 Å². The van der Waals surface area contributed by atoms with Crippen LogP contribution in [0.15, 0.2) is 72.8 Å². The molecular weight excluding hydrogens is 452 g/mol. The van der Waals surface area contributed by atoms with Crippen molar-refractivity contribution in [1.29, 1.82) is 0 Å². The van der Waals surface area contributed by atoms with E-state index in [-0.39, 0.29) is 17.1 Å². The number of hydrogen-bond donors (Lipinski definition) is 1. The average molecular weight is 473 g/mol. The molecule has 0 saturated carbocycles. The van der Waals surface area contributed by atoms with Crippen LogP contribution in [-0.4, -0.2) is 33.7 Å². The molecule has 0 bridgehead atoms. The van der Waals surface area contributed by atoms with Gasteiger partial charge in [-0.15, -0.1) is 0 Å². The predicted molar refractivity (Wildman–Crippen MR) is 125 cm³/mol. The van der Waals surface area contributed by atoms with Gasteiger partial charge in [0.1, 0.15) is 0 Å². The van der Waals surface area contributed by atoms with E-state index in [1.165, 1.54) is 23.5 Å². The maximum absolute atomic E-state index is 12.6. The number of carbonyl (C=O) groups is 2. The summed E-state index contributed by atoms with van der Waals surface area (Å²) in [6.07, 6.45) is 1.15. The summed E-state index contributed by atoms with van der Waals surface area (Å²) in [7, 11) is -2.25. The van der Waals surface area contributed by atoms with Crippen molar-refractivity contribution in [2.45, 2.75) is 6.54 Å². The van der Waals surface area contributed by atoms with E-state index in [1.54, 1.807) is 54.6 Å². The molecule has 0 radical (unpaired) electrons. The number of esters is 1. The van der Waals surface area contributed by atoms with E-state index >= 15 is 0 Å². The summed E-state index contributed by atoms with van der Waals surface area (Å²) >= 11 is 6.00. The second-order valence-electron chi connectivity index (χ2n) is 6.94. The minimum absolute atomic E-state index is 0.129. The van der Waals surface area contributed by atoms with Crippen LogP contribution in [0.4, 0.5) is 11.4 Å². The Kier molecular flexibility index (Phi) is 7.17. The highest BCUT2D eigenvalue weighted by atomic mass is 35.5. The lowest BCUT2D eigenvalue weighted by Gasteiger charge is -2.22. The first-order valence-electron chi connectivity index (χ1n) is 9.50. The number of nitrogens with zero attached hydrogens (tertiary/aromatic N) is 1. The molecule has 0 aromatic heterocycles. The third-order valence-electron chi connectivity index (χ3n) is 4.62. The highest BCUT2D eigenvalue weighted by Gasteiger charge is 2.18. The van der Waals surface area contributed by atoms with E-state index in [1.807, 2.05) is 6.07 Å². The highest BCUT2D eigenvalue weighted by Crippen LogP contribution is 2.23. The second-order valence-corrected chi connectivity index (χ2v) is 9.26. The monoisotopic (exact) mass is 472 g/mol. The lowest BCUT2D eigenvalue weighted by Crippen LogP contribution is -2.29. The number of methoxy groups -OCH3 is 1. The van der Waals surface area contributed by atoms with Gasteiger partial charge in [0.2, 0.25) is 10.0 Å². The van der Waals surface area contributed by atoms with Crippen LogP contribution in [0, 0.1) is 0 Å². The van der Waals surface area contributed by atoms with Gasteiger partial charge in [0.15, 0.2) is 0 Å². The number of nitrogens with one attached hydrogen (secondary N) is 1. The number of anilines is 2. The van der Waals surface area contributed by atoms with Gasteiger partial charge in [0.25, 0.3) is 5.91 Å². The second kappa shape index (κ2) is 9.84. The number of para-hydroxylation sites is 1. The SMILES string of the molecule is COC(=O)c1cc(NC(=O)c2ccc(CN(c3ccccc3)S(C)(=O)=O)cc2)ccc1Cl. The minimum atomic E-state index is -3.49. The molecule has 0 saturated heterocycles. The Morgan fingerprint density at radius 3 is 2.25 bits per heavy atom. The van der Waals surface area contributed by atoms with E-state index in [4.69, 9.17) is 11.6 Å². The van der Waals surface area contributed by atoms with Crippen LogP contribution in [-0.2, 0) is 21.3 Å². The van der Waals surface area contributed by atoms with Gasteiger partial charge in [0, 0.05) is 11.3 Å². The lowest BCUT2D eigenvalue weighted by molar-refractivity contribution is 0.0600. The van der Waals surface area contributed by atoms with E-state index in [0.717, 1.165) is 11.8 Å². The van der Waals surface area contributed by atoms with Crippen LogP contribution in [0.5, 0.6) is 0 Å². The molecule has 1 amide bonds. The van der Waals surface area contributed by atoms with Crippen molar-refractivity contribution in [1.82, 2.24) is 0 Å². The maximum Gasteiger partial charge on any atom is 0.339 e. The molecule has 0 spiro atoms. The zero-order valence-corrected chi connectivity index (χ0v) is 19.0. The van der Waals surface area contributed by atoms with Gasteiger partial charge in [-0.25, -0.2) is 13.2 Å². The van der Waals surface area contributed by atoms with Crippen LogP contribution in [0.2, 0.25) is 5.02 Å². The van der Waals surface area contributed by atoms with Gasteiger partial charge in [-0.1, -0.05) is 41.9 Å². The fourth-order valence-corrected chi connectivity index (χ4v) is 4.08. The predicted octanol–water partition coefficient (Wildman–Crippen LogP) is 4.35. The van der Waals surface area contributed by atoms with Crippen molar-refractivity contribution in [3.8, 4) is 0 Å². The van der Waals surface area contributed by atoms with Crippen molar-refractivity contribution in [3.63, 3.8) is 0 Å². The number of hydrogen-bond acceptors (Lipinski definition) is 5. The summed E-state index contributed by atoms with van der Waals surface area (Å²) in [6.45, 7) is 0.129. The van der Waals surface area contributed by atoms with Crippen LogP contribution in [0.25, 0.3) is 0 Å². The molecule has 166 valence electrons. The van der Waals surface area contributed by atoms with Crippen molar-refractivity contribution < 1.29 is 22.7 Å². The molecule has 0 aliphatic heterocycles. The number of sulfonamides is 1. The number of ether oxygens (including phenoxy) is 1. The highest BCUT2D eigenvalue weighted by molar-refractivity contribution is 7.92. The van der Waals surface area contributed by atoms with Crippen LogP contribution >= 0.6 is 11.6 Å². The summed E-state index contributed by atoms with van der Waals surface area (Å²) in [6, 6.07) is 19.9. The van der Waals surface area contributed by atoms with Gasteiger partial charge in [-0.2, -0.15) is 0 Å². The summed E-state index contributed by atoms with van der Waals surface area (Å²) in [5.74, 6) is -0.998. The Morgan fingerprint density at radius 1 is 1.00 bits per heavy atom. The first-order valence-corrected chi connectivity index (χ1v) is 11.7. The van der Waals surface area contributed by atoms with E-state index < -0.39 is 21.9 Å². The summed E-state index contributed by atoms with van der Waals surface area (Å²) < 4.78 is 30.5. The standard InChI is InChI=1S/C23H21ClN2O5S/c1-31-23(28)20-14-18(12-13-21(20)24)25-22(27)17-10-8-16(9-11-17)15-26(32(2,29)30)19-6-4-3-5-7-19/h3-14H,15H2,1-2H3,(H,25,27). The molecule has 9 heteroatoms. The Bertz CT molecular complexity index is 1230. The Morgan fingerprint density at radius 2 is 1.66 bits per heavy atom. The Hall–Kier alpha value is -3.36. The molecule has 0 unspecified atom stereocenters. The van der Waals surface area contributed by atoms with E-state index in [2.05, 4.69) is 10.1 Å².